The molecule has 0 spiro atoms. The fourth-order valence-electron chi connectivity index (χ4n) is 2.35. The van der Waals surface area contributed by atoms with Crippen molar-refractivity contribution in [2.45, 2.75) is 49.8 Å². The van der Waals surface area contributed by atoms with Crippen LogP contribution in [0.4, 0.5) is 0 Å². The zero-order valence-electron chi connectivity index (χ0n) is 10.6. The fraction of sp³-hybridized carbons (Fsp3) is 0.750. The molecule has 0 atom stereocenters. The maximum Gasteiger partial charge on any atom is 0.267 e. The monoisotopic (exact) mass is 269 g/mol. The average molecular weight is 269 g/mol. The Labute approximate surface area is 111 Å². The van der Waals surface area contributed by atoms with Crippen molar-refractivity contribution in [3.05, 3.63) is 0 Å². The second-order valence-corrected chi connectivity index (χ2v) is 5.91. The van der Waals surface area contributed by atoms with E-state index in [1.165, 1.54) is 0 Å². The van der Waals surface area contributed by atoms with Gasteiger partial charge in [-0.15, -0.1) is 0 Å². The molecule has 2 aliphatic rings. The summed E-state index contributed by atoms with van der Waals surface area (Å²) in [5.41, 5.74) is 2.80. The predicted molar refractivity (Wildman–Crippen MR) is 72.5 cm³/mol. The minimum Gasteiger partial charge on any atom is -0.348 e. The van der Waals surface area contributed by atoms with Gasteiger partial charge in [0.25, 0.3) is 5.91 Å². The van der Waals surface area contributed by atoms with E-state index < -0.39 is 0 Å². The SMILES string of the molecule is CSC1CCC(NC(=O)C2=NNC(=O)CC2)CC1. The number of carbonyl (C=O) groups excluding carboxylic acids is 2. The van der Waals surface area contributed by atoms with Crippen molar-refractivity contribution in [3.8, 4) is 0 Å². The third-order valence-corrected chi connectivity index (χ3v) is 4.65. The van der Waals surface area contributed by atoms with Gasteiger partial charge in [0.2, 0.25) is 5.91 Å². The number of hydrogen-bond donors (Lipinski definition) is 2. The average Bonchev–Trinajstić information content (AvgIpc) is 2.40. The Morgan fingerprint density at radius 3 is 2.61 bits per heavy atom. The van der Waals surface area contributed by atoms with Crippen molar-refractivity contribution in [1.82, 2.24) is 10.7 Å². The van der Waals surface area contributed by atoms with Crippen molar-refractivity contribution in [2.75, 3.05) is 6.26 Å². The number of rotatable bonds is 3. The molecule has 0 aromatic rings. The third kappa shape index (κ3) is 3.48. The molecule has 1 heterocycles. The Kier molecular flexibility index (Phi) is 4.63. The predicted octanol–water partition coefficient (Wildman–Crippen LogP) is 1.04. The van der Waals surface area contributed by atoms with Crippen molar-refractivity contribution < 1.29 is 9.59 Å². The van der Waals surface area contributed by atoms with Gasteiger partial charge in [0, 0.05) is 24.1 Å². The van der Waals surface area contributed by atoms with Crippen molar-refractivity contribution in [3.63, 3.8) is 0 Å². The number of nitrogens with zero attached hydrogens (tertiary/aromatic N) is 1. The van der Waals surface area contributed by atoms with Gasteiger partial charge in [0.15, 0.2) is 0 Å². The van der Waals surface area contributed by atoms with E-state index in [1.54, 1.807) is 0 Å². The number of carbonyl (C=O) groups is 2. The number of hydrazone groups is 1. The van der Waals surface area contributed by atoms with Crippen LogP contribution in [-0.4, -0.2) is 35.1 Å². The first-order valence-corrected chi connectivity index (χ1v) is 7.67. The second kappa shape index (κ2) is 6.22. The van der Waals surface area contributed by atoms with E-state index in [0.29, 0.717) is 18.6 Å². The van der Waals surface area contributed by atoms with Crippen LogP contribution in [0.15, 0.2) is 5.10 Å². The lowest BCUT2D eigenvalue weighted by molar-refractivity contribution is -0.121. The summed E-state index contributed by atoms with van der Waals surface area (Å²) in [4.78, 5) is 22.9. The Morgan fingerprint density at radius 1 is 1.33 bits per heavy atom. The number of hydrogen-bond acceptors (Lipinski definition) is 4. The summed E-state index contributed by atoms with van der Waals surface area (Å²) >= 11 is 1.91. The molecule has 0 unspecified atom stereocenters. The molecule has 100 valence electrons. The van der Waals surface area contributed by atoms with E-state index in [1.807, 2.05) is 11.8 Å². The highest BCUT2D eigenvalue weighted by atomic mass is 32.2. The summed E-state index contributed by atoms with van der Waals surface area (Å²) < 4.78 is 0. The lowest BCUT2D eigenvalue weighted by Gasteiger charge is -2.28. The first-order valence-electron chi connectivity index (χ1n) is 6.38. The quantitative estimate of drug-likeness (QED) is 0.804. The number of thioether (sulfide) groups is 1. The summed E-state index contributed by atoms with van der Waals surface area (Å²) in [7, 11) is 0. The van der Waals surface area contributed by atoms with E-state index in [-0.39, 0.29) is 17.9 Å². The molecule has 0 aromatic heterocycles. The largest absolute Gasteiger partial charge is 0.348 e. The molecule has 0 saturated heterocycles. The first kappa shape index (κ1) is 13.4. The van der Waals surface area contributed by atoms with Crippen molar-refractivity contribution in [1.29, 1.82) is 0 Å². The smallest absolute Gasteiger partial charge is 0.267 e. The van der Waals surface area contributed by atoms with Crippen molar-refractivity contribution >= 4 is 29.3 Å². The molecular weight excluding hydrogens is 250 g/mol. The summed E-state index contributed by atoms with van der Waals surface area (Å²) in [5.74, 6) is -0.241. The summed E-state index contributed by atoms with van der Waals surface area (Å²) in [6.07, 6.45) is 7.34. The standard InChI is InChI=1S/C12H19N3O2S/c1-18-9-4-2-8(3-5-9)13-12(17)10-6-7-11(16)15-14-10/h8-9H,2-7H2,1H3,(H,13,17)(H,15,16). The summed E-state index contributed by atoms with van der Waals surface area (Å²) in [5, 5.41) is 7.57. The molecule has 2 amide bonds. The molecule has 0 aromatic carbocycles. The van der Waals surface area contributed by atoms with Gasteiger partial charge in [-0.3, -0.25) is 9.59 Å². The minimum absolute atomic E-state index is 0.118. The van der Waals surface area contributed by atoms with Crippen LogP contribution in [0.5, 0.6) is 0 Å². The van der Waals surface area contributed by atoms with E-state index >= 15 is 0 Å². The highest BCUT2D eigenvalue weighted by molar-refractivity contribution is 7.99. The fourth-order valence-corrected chi connectivity index (χ4v) is 3.09. The highest BCUT2D eigenvalue weighted by Crippen LogP contribution is 2.26. The van der Waals surface area contributed by atoms with Gasteiger partial charge in [0.05, 0.1) is 0 Å². The van der Waals surface area contributed by atoms with E-state index in [2.05, 4.69) is 22.1 Å². The third-order valence-electron chi connectivity index (χ3n) is 3.51. The van der Waals surface area contributed by atoms with Gasteiger partial charge in [-0.05, 0) is 31.9 Å². The van der Waals surface area contributed by atoms with Gasteiger partial charge in [0.1, 0.15) is 5.71 Å². The molecule has 5 nitrogen and oxygen atoms in total. The Bertz CT molecular complexity index is 362. The van der Waals surface area contributed by atoms with E-state index in [4.69, 9.17) is 0 Å². The van der Waals surface area contributed by atoms with Crippen LogP contribution in [0, 0.1) is 0 Å². The van der Waals surface area contributed by atoms with Crippen molar-refractivity contribution in [2.24, 2.45) is 5.10 Å². The van der Waals surface area contributed by atoms with E-state index in [0.717, 1.165) is 30.9 Å². The molecule has 18 heavy (non-hydrogen) atoms. The van der Waals surface area contributed by atoms with Crippen LogP contribution in [0.25, 0.3) is 0 Å². The molecule has 1 aliphatic carbocycles. The first-order chi connectivity index (χ1) is 8.69. The Hall–Kier alpha value is -1.04. The van der Waals surface area contributed by atoms with Gasteiger partial charge in [-0.25, -0.2) is 5.43 Å². The Morgan fingerprint density at radius 2 is 2.06 bits per heavy atom. The molecule has 1 aliphatic heterocycles. The molecule has 0 radical (unpaired) electrons. The summed E-state index contributed by atoms with van der Waals surface area (Å²) in [6.45, 7) is 0. The molecule has 1 saturated carbocycles. The maximum atomic E-state index is 11.9. The number of amides is 2. The van der Waals surface area contributed by atoms with Gasteiger partial charge in [-0.1, -0.05) is 0 Å². The van der Waals surface area contributed by atoms with Crippen LogP contribution in [0.1, 0.15) is 38.5 Å². The maximum absolute atomic E-state index is 11.9. The molecule has 2 rings (SSSR count). The van der Waals surface area contributed by atoms with Crippen LogP contribution < -0.4 is 10.7 Å². The molecule has 2 N–H and O–H groups in total. The number of nitrogens with one attached hydrogen (secondary N) is 2. The lowest BCUT2D eigenvalue weighted by Crippen LogP contribution is -2.43. The zero-order chi connectivity index (χ0) is 13.0. The van der Waals surface area contributed by atoms with Crippen LogP contribution >= 0.6 is 11.8 Å². The van der Waals surface area contributed by atoms with Crippen LogP contribution in [-0.2, 0) is 9.59 Å². The van der Waals surface area contributed by atoms with Gasteiger partial charge in [-0.2, -0.15) is 16.9 Å². The molecule has 1 fully saturated rings. The van der Waals surface area contributed by atoms with Crippen LogP contribution in [0.2, 0.25) is 0 Å². The van der Waals surface area contributed by atoms with Crippen LogP contribution in [0.3, 0.4) is 0 Å². The lowest BCUT2D eigenvalue weighted by atomic mass is 9.94. The molecule has 6 heteroatoms. The topological polar surface area (TPSA) is 70.6 Å². The second-order valence-electron chi connectivity index (χ2n) is 4.78. The Balaban J connectivity index is 1.80. The van der Waals surface area contributed by atoms with E-state index in [9.17, 15) is 9.59 Å². The van der Waals surface area contributed by atoms with Gasteiger partial charge >= 0.3 is 0 Å². The zero-order valence-corrected chi connectivity index (χ0v) is 11.4. The normalized spacial score (nSPS) is 28.3. The molecular formula is C12H19N3O2S. The van der Waals surface area contributed by atoms with Gasteiger partial charge < -0.3 is 5.32 Å². The minimum atomic E-state index is -0.123. The highest BCUT2D eigenvalue weighted by Gasteiger charge is 2.24. The molecule has 0 bridgehead atoms. The summed E-state index contributed by atoms with van der Waals surface area (Å²) in [6, 6.07) is 0.265.